The molecule has 2 aromatic carbocycles. The predicted octanol–water partition coefficient (Wildman–Crippen LogP) is 6.85. The Morgan fingerprint density at radius 2 is 1.80 bits per heavy atom. The first kappa shape index (κ1) is 16.9. The first-order chi connectivity index (χ1) is 9.43. The maximum absolute atomic E-state index is 6.33. The highest BCUT2D eigenvalue weighted by atomic mass is 127. The van der Waals surface area contributed by atoms with Crippen LogP contribution in [-0.2, 0) is 0 Å². The zero-order valence-corrected chi connectivity index (χ0v) is 17.1. The number of benzene rings is 2. The molecule has 1 atom stereocenters. The summed E-state index contributed by atoms with van der Waals surface area (Å²) in [5, 5.41) is 1.16. The van der Waals surface area contributed by atoms with Gasteiger partial charge in [0.05, 0.1) is 17.0 Å². The van der Waals surface area contributed by atoms with Gasteiger partial charge in [-0.1, -0.05) is 55.1 Å². The number of methoxy groups -OCH3 is 1. The van der Waals surface area contributed by atoms with Gasteiger partial charge in [0.1, 0.15) is 5.75 Å². The Morgan fingerprint density at radius 1 is 1.10 bits per heavy atom. The molecule has 1 unspecified atom stereocenters. The number of ether oxygens (including phenoxy) is 1. The summed E-state index contributed by atoms with van der Waals surface area (Å²) in [6, 6.07) is 9.69. The number of alkyl halides is 1. The van der Waals surface area contributed by atoms with Gasteiger partial charge in [-0.15, -0.1) is 0 Å². The average molecular weight is 551 g/mol. The minimum atomic E-state index is -0.0391. The Hall–Kier alpha value is 0.510. The van der Waals surface area contributed by atoms with Crippen LogP contribution in [0.4, 0.5) is 0 Å². The van der Waals surface area contributed by atoms with Crippen molar-refractivity contribution in [2.45, 2.75) is 4.83 Å². The molecule has 0 saturated carbocycles. The Labute approximate surface area is 158 Å². The van der Waals surface area contributed by atoms with Gasteiger partial charge in [0, 0.05) is 19.1 Å². The third-order valence-corrected chi connectivity index (χ3v) is 5.86. The Balaban J connectivity index is 2.50. The molecular weight excluding hydrogens is 542 g/mol. The van der Waals surface area contributed by atoms with Crippen LogP contribution in [0.25, 0.3) is 0 Å². The largest absolute Gasteiger partial charge is 0.495 e. The molecule has 0 N–H and O–H groups in total. The van der Waals surface area contributed by atoms with Gasteiger partial charge in [0.2, 0.25) is 0 Å². The molecule has 0 aromatic heterocycles. The normalized spacial score (nSPS) is 12.3. The summed E-state index contributed by atoms with van der Waals surface area (Å²) >= 11 is 22.0. The molecule has 0 radical (unpaired) electrons. The van der Waals surface area contributed by atoms with E-state index in [2.05, 4.69) is 60.5 Å². The molecule has 0 saturated heterocycles. The highest BCUT2D eigenvalue weighted by Gasteiger charge is 2.19. The van der Waals surface area contributed by atoms with E-state index >= 15 is 0 Å². The lowest BCUT2D eigenvalue weighted by Gasteiger charge is -2.16. The number of hydrogen-bond donors (Lipinski definition) is 0. The van der Waals surface area contributed by atoms with Crippen LogP contribution in [0.3, 0.4) is 0 Å². The topological polar surface area (TPSA) is 9.23 Å². The van der Waals surface area contributed by atoms with Gasteiger partial charge >= 0.3 is 0 Å². The third kappa shape index (κ3) is 3.64. The SMILES string of the molecule is COc1cc(Cl)c(C(Br)c2cc(Br)ccc2I)cc1Cl. The number of rotatable bonds is 3. The maximum atomic E-state index is 6.33. The molecule has 0 spiro atoms. The first-order valence-corrected chi connectivity index (χ1v) is 9.10. The van der Waals surface area contributed by atoms with Crippen molar-refractivity contribution in [1.29, 1.82) is 0 Å². The molecule has 0 heterocycles. The summed E-state index contributed by atoms with van der Waals surface area (Å²) in [6.45, 7) is 0. The van der Waals surface area contributed by atoms with E-state index in [4.69, 9.17) is 27.9 Å². The van der Waals surface area contributed by atoms with Crippen LogP contribution in [0.15, 0.2) is 34.8 Å². The van der Waals surface area contributed by atoms with Crippen molar-refractivity contribution in [1.82, 2.24) is 0 Å². The molecule has 20 heavy (non-hydrogen) atoms. The number of hydrogen-bond acceptors (Lipinski definition) is 1. The van der Waals surface area contributed by atoms with E-state index in [0.717, 1.165) is 19.2 Å². The summed E-state index contributed by atoms with van der Waals surface area (Å²) in [6.07, 6.45) is 0. The quantitative estimate of drug-likeness (QED) is 0.300. The minimum absolute atomic E-state index is 0.0391. The van der Waals surface area contributed by atoms with Crippen LogP contribution in [0.5, 0.6) is 5.75 Å². The smallest absolute Gasteiger partial charge is 0.138 e. The van der Waals surface area contributed by atoms with Crippen LogP contribution in [0, 0.1) is 3.57 Å². The molecule has 0 bridgehead atoms. The Morgan fingerprint density at radius 3 is 2.45 bits per heavy atom. The van der Waals surface area contributed by atoms with Gasteiger partial charge in [-0.05, 0) is 58.0 Å². The molecule has 0 aliphatic rings. The van der Waals surface area contributed by atoms with E-state index in [1.54, 1.807) is 13.2 Å². The van der Waals surface area contributed by atoms with Gasteiger partial charge in [0.25, 0.3) is 0 Å². The lowest BCUT2D eigenvalue weighted by molar-refractivity contribution is 0.415. The summed E-state index contributed by atoms with van der Waals surface area (Å²) in [5.74, 6) is 0.573. The maximum Gasteiger partial charge on any atom is 0.138 e. The molecule has 0 fully saturated rings. The van der Waals surface area contributed by atoms with Gasteiger partial charge in [0.15, 0.2) is 0 Å². The van der Waals surface area contributed by atoms with Crippen molar-refractivity contribution in [2.24, 2.45) is 0 Å². The predicted molar refractivity (Wildman–Crippen MR) is 101 cm³/mol. The fourth-order valence-electron chi connectivity index (χ4n) is 1.77. The van der Waals surface area contributed by atoms with Crippen LogP contribution in [-0.4, -0.2) is 7.11 Å². The zero-order valence-electron chi connectivity index (χ0n) is 10.3. The molecule has 0 amide bonds. The monoisotopic (exact) mass is 548 g/mol. The van der Waals surface area contributed by atoms with E-state index in [1.165, 1.54) is 0 Å². The molecule has 0 aliphatic carbocycles. The summed E-state index contributed by atoms with van der Waals surface area (Å²) in [5.41, 5.74) is 2.04. The molecule has 6 heteroatoms. The van der Waals surface area contributed by atoms with E-state index in [1.807, 2.05) is 18.2 Å². The standard InChI is InChI=1S/C14H9Br2Cl2IO/c1-20-13-6-10(17)8(5-11(13)18)14(16)9-4-7(15)2-3-12(9)19/h2-6,14H,1H3. The molecule has 0 aliphatic heterocycles. The molecular formula is C14H9Br2Cl2IO. The van der Waals surface area contributed by atoms with E-state index in [0.29, 0.717) is 15.8 Å². The van der Waals surface area contributed by atoms with Crippen molar-refractivity contribution in [3.63, 3.8) is 0 Å². The van der Waals surface area contributed by atoms with Gasteiger partial charge in [-0.2, -0.15) is 0 Å². The molecule has 1 nitrogen and oxygen atoms in total. The lowest BCUT2D eigenvalue weighted by atomic mass is 10.0. The van der Waals surface area contributed by atoms with Gasteiger partial charge in [-0.3, -0.25) is 0 Å². The van der Waals surface area contributed by atoms with E-state index in [-0.39, 0.29) is 4.83 Å². The van der Waals surface area contributed by atoms with E-state index in [9.17, 15) is 0 Å². The highest BCUT2D eigenvalue weighted by Crippen LogP contribution is 2.41. The van der Waals surface area contributed by atoms with Crippen molar-refractivity contribution in [2.75, 3.05) is 7.11 Å². The number of halogens is 5. The van der Waals surface area contributed by atoms with Gasteiger partial charge < -0.3 is 4.74 Å². The molecule has 2 rings (SSSR count). The van der Waals surface area contributed by atoms with E-state index < -0.39 is 0 Å². The minimum Gasteiger partial charge on any atom is -0.495 e. The third-order valence-electron chi connectivity index (χ3n) is 2.78. The highest BCUT2D eigenvalue weighted by molar-refractivity contribution is 14.1. The fourth-order valence-corrected chi connectivity index (χ4v) is 4.63. The second-order valence-electron chi connectivity index (χ2n) is 4.04. The fraction of sp³-hybridized carbons (Fsp3) is 0.143. The Bertz CT molecular complexity index is 649. The van der Waals surface area contributed by atoms with Crippen LogP contribution in [0.2, 0.25) is 10.0 Å². The lowest BCUT2D eigenvalue weighted by Crippen LogP contribution is -1.98. The summed E-state index contributed by atoms with van der Waals surface area (Å²) < 4.78 is 7.34. The second kappa shape index (κ2) is 7.18. The van der Waals surface area contributed by atoms with Crippen LogP contribution in [0.1, 0.15) is 16.0 Å². The average Bonchev–Trinajstić information content (AvgIpc) is 2.42. The molecule has 2 aromatic rings. The van der Waals surface area contributed by atoms with Crippen LogP contribution < -0.4 is 4.74 Å². The van der Waals surface area contributed by atoms with Crippen molar-refractivity contribution in [3.8, 4) is 5.75 Å². The summed E-state index contributed by atoms with van der Waals surface area (Å²) in [4.78, 5) is -0.0391. The van der Waals surface area contributed by atoms with Gasteiger partial charge in [-0.25, -0.2) is 0 Å². The zero-order chi connectivity index (χ0) is 14.9. The Kier molecular flexibility index (Phi) is 6.06. The van der Waals surface area contributed by atoms with Crippen LogP contribution >= 0.6 is 77.7 Å². The van der Waals surface area contributed by atoms with Crippen molar-refractivity contribution < 1.29 is 4.74 Å². The molecule has 106 valence electrons. The van der Waals surface area contributed by atoms with Crippen molar-refractivity contribution in [3.05, 3.63) is 59.5 Å². The summed E-state index contributed by atoms with van der Waals surface area (Å²) in [7, 11) is 1.57. The first-order valence-electron chi connectivity index (χ1n) is 5.56. The van der Waals surface area contributed by atoms with Crippen molar-refractivity contribution >= 4 is 77.7 Å². The second-order valence-corrected chi connectivity index (χ2v) is 7.84.